The van der Waals surface area contributed by atoms with Crippen molar-refractivity contribution in [2.75, 3.05) is 0 Å². The molecule has 2 unspecified atom stereocenters. The van der Waals surface area contributed by atoms with Gasteiger partial charge in [-0.2, -0.15) is 0 Å². The van der Waals surface area contributed by atoms with Crippen LogP contribution in [0.5, 0.6) is 0 Å². The van der Waals surface area contributed by atoms with Crippen LogP contribution in [0.15, 0.2) is 18.2 Å². The molecule has 2 atom stereocenters. The van der Waals surface area contributed by atoms with E-state index in [-0.39, 0.29) is 11.4 Å². The van der Waals surface area contributed by atoms with E-state index in [1.807, 2.05) is 6.92 Å². The lowest BCUT2D eigenvalue weighted by atomic mass is 9.62. The maximum absolute atomic E-state index is 13.9. The zero-order chi connectivity index (χ0) is 14.9. The van der Waals surface area contributed by atoms with Crippen LogP contribution in [0.3, 0.4) is 0 Å². The Balaban J connectivity index is 1.93. The molecule has 2 saturated carbocycles. The summed E-state index contributed by atoms with van der Waals surface area (Å²) in [6.07, 6.45) is 11.4. The van der Waals surface area contributed by atoms with E-state index in [1.54, 1.807) is 12.1 Å². The zero-order valence-corrected chi connectivity index (χ0v) is 13.2. The van der Waals surface area contributed by atoms with Crippen LogP contribution in [0.2, 0.25) is 0 Å². The van der Waals surface area contributed by atoms with Gasteiger partial charge in [-0.05, 0) is 54.9 Å². The van der Waals surface area contributed by atoms with Crippen LogP contribution in [0.25, 0.3) is 0 Å². The van der Waals surface area contributed by atoms with Gasteiger partial charge < -0.3 is 5.73 Å². The van der Waals surface area contributed by atoms with Crippen LogP contribution < -0.4 is 5.73 Å². The summed E-state index contributed by atoms with van der Waals surface area (Å²) in [6, 6.07) is 5.41. The third kappa shape index (κ3) is 3.01. The summed E-state index contributed by atoms with van der Waals surface area (Å²) in [5.74, 6) is 1.14. The van der Waals surface area contributed by atoms with Crippen LogP contribution in [-0.4, -0.2) is 0 Å². The van der Waals surface area contributed by atoms with Gasteiger partial charge in [0.2, 0.25) is 0 Å². The quantitative estimate of drug-likeness (QED) is 0.809. The van der Waals surface area contributed by atoms with Gasteiger partial charge in [0.25, 0.3) is 0 Å². The van der Waals surface area contributed by atoms with E-state index in [2.05, 4.69) is 6.07 Å². The molecular formula is C19H28FN. The third-order valence-corrected chi connectivity index (χ3v) is 5.82. The van der Waals surface area contributed by atoms with Crippen molar-refractivity contribution in [1.29, 1.82) is 0 Å². The van der Waals surface area contributed by atoms with Gasteiger partial charge in [-0.15, -0.1) is 0 Å². The SMILES string of the molecule is Cc1cc(F)cc(C2(N)CCCCC2C2CCCCC2)c1. The van der Waals surface area contributed by atoms with E-state index in [0.717, 1.165) is 23.5 Å². The minimum Gasteiger partial charge on any atom is -0.321 e. The highest BCUT2D eigenvalue weighted by Crippen LogP contribution is 2.47. The lowest BCUT2D eigenvalue weighted by Crippen LogP contribution is -2.49. The molecule has 2 aliphatic carbocycles. The lowest BCUT2D eigenvalue weighted by Gasteiger charge is -2.47. The van der Waals surface area contributed by atoms with Gasteiger partial charge in [0.05, 0.1) is 0 Å². The van der Waals surface area contributed by atoms with Crippen LogP contribution in [0.4, 0.5) is 4.39 Å². The van der Waals surface area contributed by atoms with Gasteiger partial charge in [-0.3, -0.25) is 0 Å². The van der Waals surface area contributed by atoms with Crippen LogP contribution in [0, 0.1) is 24.6 Å². The normalized spacial score (nSPS) is 31.3. The Morgan fingerprint density at radius 1 is 1.00 bits per heavy atom. The van der Waals surface area contributed by atoms with Gasteiger partial charge in [-0.25, -0.2) is 4.39 Å². The molecule has 1 aromatic carbocycles. The molecule has 3 rings (SSSR count). The molecule has 116 valence electrons. The molecule has 2 aliphatic rings. The van der Waals surface area contributed by atoms with Gasteiger partial charge in [0, 0.05) is 5.54 Å². The van der Waals surface area contributed by atoms with Crippen molar-refractivity contribution in [3.8, 4) is 0 Å². The molecule has 0 heterocycles. The zero-order valence-electron chi connectivity index (χ0n) is 13.2. The number of halogens is 1. The molecule has 0 spiro atoms. The van der Waals surface area contributed by atoms with E-state index in [0.29, 0.717) is 5.92 Å². The minimum absolute atomic E-state index is 0.136. The second kappa shape index (κ2) is 6.08. The molecule has 0 bridgehead atoms. The summed E-state index contributed by atoms with van der Waals surface area (Å²) in [7, 11) is 0. The number of aryl methyl sites for hydroxylation is 1. The highest BCUT2D eigenvalue weighted by atomic mass is 19.1. The summed E-state index contributed by atoms with van der Waals surface area (Å²) in [4.78, 5) is 0. The van der Waals surface area contributed by atoms with Gasteiger partial charge in [-0.1, -0.05) is 51.0 Å². The summed E-state index contributed by atoms with van der Waals surface area (Å²) in [5.41, 5.74) is 8.64. The Morgan fingerprint density at radius 3 is 2.43 bits per heavy atom. The predicted molar refractivity (Wildman–Crippen MR) is 85.5 cm³/mol. The van der Waals surface area contributed by atoms with Crippen LogP contribution >= 0.6 is 0 Å². The summed E-state index contributed by atoms with van der Waals surface area (Å²) in [6.45, 7) is 1.97. The van der Waals surface area contributed by atoms with Crippen molar-refractivity contribution in [3.63, 3.8) is 0 Å². The number of rotatable bonds is 2. The Labute approximate surface area is 128 Å². The Bertz CT molecular complexity index is 472. The highest BCUT2D eigenvalue weighted by molar-refractivity contribution is 5.31. The van der Waals surface area contributed by atoms with Crippen molar-refractivity contribution in [2.24, 2.45) is 17.6 Å². The number of hydrogen-bond donors (Lipinski definition) is 1. The molecule has 2 fully saturated rings. The maximum atomic E-state index is 13.9. The average molecular weight is 289 g/mol. The summed E-state index contributed by atoms with van der Waals surface area (Å²) in [5, 5.41) is 0. The first-order valence-electron chi connectivity index (χ1n) is 8.66. The van der Waals surface area contributed by atoms with E-state index >= 15 is 0 Å². The van der Waals surface area contributed by atoms with Gasteiger partial charge >= 0.3 is 0 Å². The number of hydrogen-bond acceptors (Lipinski definition) is 1. The fourth-order valence-corrected chi connectivity index (χ4v) is 4.78. The fourth-order valence-electron chi connectivity index (χ4n) is 4.78. The molecule has 21 heavy (non-hydrogen) atoms. The molecule has 0 aliphatic heterocycles. The first kappa shape index (κ1) is 15.0. The number of benzene rings is 1. The second-order valence-electron chi connectivity index (χ2n) is 7.31. The second-order valence-corrected chi connectivity index (χ2v) is 7.31. The Morgan fingerprint density at radius 2 is 1.71 bits per heavy atom. The average Bonchev–Trinajstić information content (AvgIpc) is 2.47. The monoisotopic (exact) mass is 289 g/mol. The van der Waals surface area contributed by atoms with Crippen molar-refractivity contribution in [1.82, 2.24) is 0 Å². The lowest BCUT2D eigenvalue weighted by molar-refractivity contribution is 0.0983. The van der Waals surface area contributed by atoms with E-state index in [1.165, 1.54) is 51.4 Å². The van der Waals surface area contributed by atoms with Gasteiger partial charge in [0.15, 0.2) is 0 Å². The molecule has 1 nitrogen and oxygen atoms in total. The Kier molecular flexibility index (Phi) is 4.35. The van der Waals surface area contributed by atoms with Crippen molar-refractivity contribution >= 4 is 0 Å². The largest absolute Gasteiger partial charge is 0.321 e. The molecule has 0 radical (unpaired) electrons. The van der Waals surface area contributed by atoms with Crippen molar-refractivity contribution < 1.29 is 4.39 Å². The molecule has 0 aromatic heterocycles. The summed E-state index contributed by atoms with van der Waals surface area (Å²) >= 11 is 0. The van der Waals surface area contributed by atoms with E-state index in [9.17, 15) is 4.39 Å². The van der Waals surface area contributed by atoms with E-state index < -0.39 is 0 Å². The summed E-state index contributed by atoms with van der Waals surface area (Å²) < 4.78 is 13.9. The van der Waals surface area contributed by atoms with Crippen molar-refractivity contribution in [2.45, 2.75) is 70.3 Å². The maximum Gasteiger partial charge on any atom is 0.123 e. The smallest absolute Gasteiger partial charge is 0.123 e. The van der Waals surface area contributed by atoms with E-state index in [4.69, 9.17) is 5.73 Å². The fraction of sp³-hybridized carbons (Fsp3) is 0.684. The number of nitrogens with two attached hydrogens (primary N) is 1. The Hall–Kier alpha value is -0.890. The first-order chi connectivity index (χ1) is 10.1. The van der Waals surface area contributed by atoms with Crippen LogP contribution in [-0.2, 0) is 5.54 Å². The third-order valence-electron chi connectivity index (χ3n) is 5.82. The molecule has 2 heteroatoms. The molecular weight excluding hydrogens is 261 g/mol. The van der Waals surface area contributed by atoms with Gasteiger partial charge in [0.1, 0.15) is 5.82 Å². The predicted octanol–water partition coefficient (Wildman–Crippen LogP) is 5.06. The highest BCUT2D eigenvalue weighted by Gasteiger charge is 2.43. The topological polar surface area (TPSA) is 26.0 Å². The first-order valence-corrected chi connectivity index (χ1v) is 8.66. The standard InChI is InChI=1S/C19H28FN/c1-14-11-16(13-17(20)12-14)19(21)10-6-5-9-18(19)15-7-3-2-4-8-15/h11-13,15,18H,2-10,21H2,1H3. The van der Waals surface area contributed by atoms with Crippen LogP contribution in [0.1, 0.15) is 68.9 Å². The minimum atomic E-state index is -0.312. The molecule has 0 amide bonds. The molecule has 1 aromatic rings. The molecule has 0 saturated heterocycles. The molecule has 2 N–H and O–H groups in total. The van der Waals surface area contributed by atoms with Crippen molar-refractivity contribution in [3.05, 3.63) is 35.1 Å².